The first-order chi connectivity index (χ1) is 12.9. The van der Waals surface area contributed by atoms with E-state index >= 15 is 0 Å². The normalized spacial score (nSPS) is 16.5. The number of hydrogen-bond acceptors (Lipinski definition) is 4. The molecule has 5 nitrogen and oxygen atoms in total. The Morgan fingerprint density at radius 3 is 2.78 bits per heavy atom. The molecule has 0 saturated carbocycles. The summed E-state index contributed by atoms with van der Waals surface area (Å²) in [7, 11) is 0. The number of hydrogen-bond donors (Lipinski definition) is 3. The first-order valence-corrected chi connectivity index (χ1v) is 9.86. The van der Waals surface area contributed by atoms with Gasteiger partial charge in [-0.3, -0.25) is 4.79 Å². The lowest BCUT2D eigenvalue weighted by atomic mass is 10.0. The number of anilines is 2. The molecule has 27 heavy (non-hydrogen) atoms. The van der Waals surface area contributed by atoms with Crippen LogP contribution < -0.4 is 16.0 Å². The van der Waals surface area contributed by atoms with Gasteiger partial charge < -0.3 is 16.0 Å². The monoisotopic (exact) mass is 385 g/mol. The van der Waals surface area contributed by atoms with E-state index < -0.39 is 0 Å². The molecule has 3 aromatic rings. The average molecular weight is 385 g/mol. The molecule has 0 aliphatic carbocycles. The summed E-state index contributed by atoms with van der Waals surface area (Å²) in [4.78, 5) is 20.2. The number of nitrogen functional groups attached to an aromatic ring is 1. The van der Waals surface area contributed by atoms with Gasteiger partial charge in [0, 0.05) is 23.1 Å². The van der Waals surface area contributed by atoms with Crippen LogP contribution in [0, 0.1) is 5.82 Å². The maximum absolute atomic E-state index is 13.0. The molecule has 0 bridgehead atoms. The number of pyridine rings is 1. The third-order valence-electron chi connectivity index (χ3n) is 5.11. The molecule has 1 aliphatic heterocycles. The highest BCUT2D eigenvalue weighted by atomic mass is 32.1. The molecule has 0 fully saturated rings. The summed E-state index contributed by atoms with van der Waals surface area (Å²) < 4.78 is 13.0. The maximum Gasteiger partial charge on any atom is 0.267 e. The number of halogens is 1. The minimum atomic E-state index is -0.346. The molecule has 0 spiro atoms. The van der Waals surface area contributed by atoms with Gasteiger partial charge in [-0.05, 0) is 44.2 Å². The SMILES string of the molecule is CC(C)[NH+]1CCc2nc3sc(C(=O)Nc4ccc(F)cc4)c(N)c3cc2C1. The van der Waals surface area contributed by atoms with Crippen molar-refractivity contribution in [3.05, 3.63) is 52.3 Å². The zero-order valence-electron chi connectivity index (χ0n) is 15.3. The van der Waals surface area contributed by atoms with E-state index in [1.165, 1.54) is 46.1 Å². The minimum Gasteiger partial charge on any atom is -0.397 e. The Morgan fingerprint density at radius 1 is 1.33 bits per heavy atom. The smallest absolute Gasteiger partial charge is 0.267 e. The molecule has 140 valence electrons. The summed E-state index contributed by atoms with van der Waals surface area (Å²) in [5.41, 5.74) is 9.60. The van der Waals surface area contributed by atoms with Crippen LogP contribution >= 0.6 is 11.3 Å². The molecule has 2 aromatic heterocycles. The van der Waals surface area contributed by atoms with E-state index in [1.807, 2.05) is 0 Å². The molecule has 4 rings (SSSR count). The molecule has 0 radical (unpaired) electrons. The maximum atomic E-state index is 13.0. The highest BCUT2D eigenvalue weighted by Crippen LogP contribution is 2.34. The van der Waals surface area contributed by atoms with Crippen molar-refractivity contribution < 1.29 is 14.1 Å². The van der Waals surface area contributed by atoms with Gasteiger partial charge in [-0.1, -0.05) is 0 Å². The van der Waals surface area contributed by atoms with Crippen LogP contribution in [-0.4, -0.2) is 23.5 Å². The predicted octanol–water partition coefficient (Wildman–Crippen LogP) is 2.62. The summed E-state index contributed by atoms with van der Waals surface area (Å²) >= 11 is 1.31. The number of rotatable bonds is 3. The summed E-state index contributed by atoms with van der Waals surface area (Å²) in [5.74, 6) is -0.642. The van der Waals surface area contributed by atoms with E-state index in [9.17, 15) is 9.18 Å². The fourth-order valence-electron chi connectivity index (χ4n) is 3.48. The molecular formula is C20H22FN4OS+. The number of nitrogens with zero attached hydrogens (tertiary/aromatic N) is 1. The lowest BCUT2D eigenvalue weighted by Gasteiger charge is -2.28. The number of amides is 1. The van der Waals surface area contributed by atoms with Gasteiger partial charge in [0.1, 0.15) is 22.1 Å². The van der Waals surface area contributed by atoms with E-state index in [1.54, 1.807) is 0 Å². The fraction of sp³-hybridized carbons (Fsp3) is 0.300. The lowest BCUT2D eigenvalue weighted by Crippen LogP contribution is -3.14. The number of carbonyl (C=O) groups excluding carboxylic acids is 1. The first kappa shape index (κ1) is 17.9. The largest absolute Gasteiger partial charge is 0.397 e. The molecule has 1 amide bonds. The summed E-state index contributed by atoms with van der Waals surface area (Å²) in [5, 5.41) is 3.61. The van der Waals surface area contributed by atoms with E-state index in [-0.39, 0.29) is 11.7 Å². The Morgan fingerprint density at radius 2 is 2.07 bits per heavy atom. The van der Waals surface area contributed by atoms with Crippen molar-refractivity contribution in [2.75, 3.05) is 17.6 Å². The lowest BCUT2D eigenvalue weighted by molar-refractivity contribution is -0.936. The Kier molecular flexibility index (Phi) is 4.57. The quantitative estimate of drug-likeness (QED) is 0.649. The Bertz CT molecular complexity index is 1010. The summed E-state index contributed by atoms with van der Waals surface area (Å²) in [6, 6.07) is 8.32. The van der Waals surface area contributed by atoms with Crippen molar-refractivity contribution in [1.29, 1.82) is 0 Å². The van der Waals surface area contributed by atoms with Gasteiger partial charge in [0.2, 0.25) is 0 Å². The van der Waals surface area contributed by atoms with Crippen LogP contribution in [-0.2, 0) is 13.0 Å². The fourth-order valence-corrected chi connectivity index (χ4v) is 4.47. The second kappa shape index (κ2) is 6.90. The van der Waals surface area contributed by atoms with Crippen LogP contribution in [0.25, 0.3) is 10.2 Å². The number of nitrogens with one attached hydrogen (secondary N) is 2. The molecule has 1 aromatic carbocycles. The third-order valence-corrected chi connectivity index (χ3v) is 6.23. The molecule has 4 N–H and O–H groups in total. The van der Waals surface area contributed by atoms with Gasteiger partial charge in [-0.25, -0.2) is 9.37 Å². The minimum absolute atomic E-state index is 0.297. The standard InChI is InChI=1S/C20H21FN4OS/c1-11(2)25-8-7-16-12(10-25)9-15-17(22)18(27-20(15)24-16)19(26)23-14-5-3-13(21)4-6-14/h3-6,9,11H,7-8,10,22H2,1-2H3,(H,23,26)/p+1. The van der Waals surface area contributed by atoms with E-state index in [0.717, 1.165) is 35.4 Å². The van der Waals surface area contributed by atoms with Crippen molar-refractivity contribution in [3.8, 4) is 0 Å². The first-order valence-electron chi connectivity index (χ1n) is 9.04. The number of benzene rings is 1. The number of carbonyl (C=O) groups is 1. The van der Waals surface area contributed by atoms with Gasteiger partial charge in [-0.15, -0.1) is 11.3 Å². The number of nitrogens with two attached hydrogens (primary N) is 1. The van der Waals surface area contributed by atoms with Gasteiger partial charge in [0.25, 0.3) is 5.91 Å². The van der Waals surface area contributed by atoms with Gasteiger partial charge >= 0.3 is 0 Å². The van der Waals surface area contributed by atoms with Crippen molar-refractivity contribution >= 4 is 38.8 Å². The zero-order chi connectivity index (χ0) is 19.1. The molecule has 1 unspecified atom stereocenters. The third kappa shape index (κ3) is 3.40. The van der Waals surface area contributed by atoms with Crippen molar-refractivity contribution in [2.24, 2.45) is 0 Å². The van der Waals surface area contributed by atoms with Crippen molar-refractivity contribution in [1.82, 2.24) is 4.98 Å². The van der Waals surface area contributed by atoms with Gasteiger partial charge in [-0.2, -0.15) is 0 Å². The molecule has 0 saturated heterocycles. The van der Waals surface area contributed by atoms with E-state index in [0.29, 0.717) is 22.3 Å². The van der Waals surface area contributed by atoms with Crippen LogP contribution in [0.15, 0.2) is 30.3 Å². The average Bonchev–Trinajstić information content (AvgIpc) is 2.97. The van der Waals surface area contributed by atoms with Crippen molar-refractivity contribution in [2.45, 2.75) is 32.9 Å². The number of aromatic nitrogens is 1. The highest BCUT2D eigenvalue weighted by molar-refractivity contribution is 7.21. The molecule has 1 aliphatic rings. The molecule has 3 heterocycles. The number of thiophene rings is 1. The number of fused-ring (bicyclic) bond motifs is 2. The summed E-state index contributed by atoms with van der Waals surface area (Å²) in [6.45, 7) is 6.45. The van der Waals surface area contributed by atoms with E-state index in [2.05, 4.69) is 25.2 Å². The predicted molar refractivity (Wildman–Crippen MR) is 107 cm³/mol. The topological polar surface area (TPSA) is 72.5 Å². The van der Waals surface area contributed by atoms with Crippen LogP contribution in [0.2, 0.25) is 0 Å². The summed E-state index contributed by atoms with van der Waals surface area (Å²) in [6.07, 6.45) is 0.938. The number of quaternary nitrogens is 1. The van der Waals surface area contributed by atoms with Crippen LogP contribution in [0.4, 0.5) is 15.8 Å². The van der Waals surface area contributed by atoms with Crippen LogP contribution in [0.5, 0.6) is 0 Å². The van der Waals surface area contributed by atoms with E-state index in [4.69, 9.17) is 10.7 Å². The molecule has 7 heteroatoms. The van der Waals surface area contributed by atoms with Crippen LogP contribution in [0.1, 0.15) is 34.8 Å². The Hall–Kier alpha value is -2.51. The van der Waals surface area contributed by atoms with Gasteiger partial charge in [0.15, 0.2) is 0 Å². The molecule has 1 atom stereocenters. The highest BCUT2D eigenvalue weighted by Gasteiger charge is 2.25. The Labute approximate surface area is 161 Å². The second-order valence-corrected chi connectivity index (χ2v) is 8.24. The second-order valence-electron chi connectivity index (χ2n) is 7.24. The molecular weight excluding hydrogens is 363 g/mol. The van der Waals surface area contributed by atoms with Gasteiger partial charge in [0.05, 0.1) is 24.0 Å². The van der Waals surface area contributed by atoms with Crippen molar-refractivity contribution in [3.63, 3.8) is 0 Å². The Balaban J connectivity index is 1.66. The zero-order valence-corrected chi connectivity index (χ0v) is 16.1. The van der Waals surface area contributed by atoms with Crippen LogP contribution in [0.3, 0.4) is 0 Å².